The Kier molecular flexibility index (Phi) is 14.6. The zero-order valence-electron chi connectivity index (χ0n) is 32.8. The number of aliphatic hydroxyl groups is 1. The number of nitrogens with zero attached hydrogens (tertiary/aromatic N) is 2. The van der Waals surface area contributed by atoms with Crippen molar-refractivity contribution in [1.82, 2.24) is 20.1 Å². The van der Waals surface area contributed by atoms with Crippen LogP contribution >= 0.6 is 0 Å². The molecule has 6 N–H and O–H groups in total. The average molecular weight is 789 g/mol. The van der Waals surface area contributed by atoms with E-state index in [1.165, 1.54) is 12.1 Å². The fraction of sp³-hybridized carbons (Fsp3) is 0.333. The molecule has 1 atom stereocenters. The fourth-order valence-electron chi connectivity index (χ4n) is 7.20. The first-order valence-corrected chi connectivity index (χ1v) is 19.8. The number of fused-ring (bicyclic) bond motifs is 1. The summed E-state index contributed by atoms with van der Waals surface area (Å²) in [5, 5.41) is 30.6. The average Bonchev–Trinajstić information content (AvgIpc) is 3.23. The number of unbranched alkanes of at least 4 members (excludes halogenated alkanes) is 1. The van der Waals surface area contributed by atoms with Gasteiger partial charge in [-0.05, 0) is 72.7 Å². The molecule has 1 fully saturated rings. The molecule has 13 heteroatoms. The molecule has 0 aliphatic carbocycles. The minimum absolute atomic E-state index is 0.0602. The van der Waals surface area contributed by atoms with E-state index in [1.807, 2.05) is 78.9 Å². The molecule has 0 spiro atoms. The Morgan fingerprint density at radius 1 is 0.897 bits per heavy atom. The zero-order chi connectivity index (χ0) is 40.9. The molecule has 3 amide bonds. The van der Waals surface area contributed by atoms with Gasteiger partial charge < -0.3 is 40.4 Å². The molecule has 58 heavy (non-hydrogen) atoms. The number of rotatable bonds is 17. The highest BCUT2D eigenvalue weighted by molar-refractivity contribution is 5.92. The van der Waals surface area contributed by atoms with Crippen LogP contribution in [-0.2, 0) is 20.9 Å². The number of pyridine rings is 1. The Labute approximate surface area is 338 Å². The lowest BCUT2D eigenvalue weighted by Gasteiger charge is -2.31. The second kappa shape index (κ2) is 20.4. The van der Waals surface area contributed by atoms with Crippen LogP contribution in [0.5, 0.6) is 5.75 Å². The number of aromatic nitrogens is 1. The number of phenolic OH excluding ortho intramolecular Hbond substituents is 1. The van der Waals surface area contributed by atoms with Gasteiger partial charge in [-0.25, -0.2) is 4.79 Å². The maximum atomic E-state index is 12.9. The lowest BCUT2D eigenvalue weighted by atomic mass is 10.0. The summed E-state index contributed by atoms with van der Waals surface area (Å²) < 4.78 is 5.75. The number of benzene rings is 4. The van der Waals surface area contributed by atoms with Crippen LogP contribution in [0.1, 0.15) is 55.8 Å². The summed E-state index contributed by atoms with van der Waals surface area (Å²) in [6, 6.07) is 31.1. The van der Waals surface area contributed by atoms with Crippen molar-refractivity contribution >= 4 is 40.2 Å². The molecule has 2 heterocycles. The SMILES string of the molecule is CN(CCCCC(=O)Nc1cccc(CNC[C@H](O)c2ccc(O)c3[nH]c(=O)ccc23)c1)C(=O)CCN1CCC(OC(=O)Nc2ccccc2-c2ccccc2)CC1. The van der Waals surface area contributed by atoms with E-state index in [2.05, 4.69) is 25.8 Å². The van der Waals surface area contributed by atoms with Crippen LogP contribution in [0.15, 0.2) is 108 Å². The minimum Gasteiger partial charge on any atom is -0.506 e. The molecule has 304 valence electrons. The number of amides is 3. The first-order valence-electron chi connectivity index (χ1n) is 19.8. The quantitative estimate of drug-likeness (QED) is 0.0583. The van der Waals surface area contributed by atoms with Crippen molar-refractivity contribution in [1.29, 1.82) is 0 Å². The normalized spacial score (nSPS) is 13.8. The number of ether oxygens (including phenoxy) is 1. The number of phenols is 1. The fourth-order valence-corrected chi connectivity index (χ4v) is 7.20. The number of aromatic hydroxyl groups is 1. The van der Waals surface area contributed by atoms with Crippen molar-refractivity contribution < 1.29 is 29.3 Å². The third-order valence-electron chi connectivity index (χ3n) is 10.4. The molecule has 0 bridgehead atoms. The number of nitrogens with one attached hydrogen (secondary N) is 4. The molecule has 1 aromatic heterocycles. The molecule has 13 nitrogen and oxygen atoms in total. The summed E-state index contributed by atoms with van der Waals surface area (Å²) in [7, 11) is 1.80. The number of carbonyl (C=O) groups is 3. The number of hydrogen-bond acceptors (Lipinski definition) is 9. The molecular formula is C45H52N6O7. The highest BCUT2D eigenvalue weighted by Gasteiger charge is 2.24. The Morgan fingerprint density at radius 3 is 2.48 bits per heavy atom. The van der Waals surface area contributed by atoms with E-state index in [0.717, 1.165) is 29.8 Å². The lowest BCUT2D eigenvalue weighted by Crippen LogP contribution is -2.40. The summed E-state index contributed by atoms with van der Waals surface area (Å²) in [5.74, 6) is -0.106. The van der Waals surface area contributed by atoms with Crippen molar-refractivity contribution in [2.45, 2.75) is 57.3 Å². The number of carbonyl (C=O) groups excluding carboxylic acids is 3. The van der Waals surface area contributed by atoms with E-state index in [-0.39, 0.29) is 41.3 Å². The number of aliphatic hydroxyl groups excluding tert-OH is 1. The van der Waals surface area contributed by atoms with Gasteiger partial charge in [-0.2, -0.15) is 0 Å². The van der Waals surface area contributed by atoms with Crippen LogP contribution < -0.4 is 21.5 Å². The molecule has 1 saturated heterocycles. The van der Waals surface area contributed by atoms with Gasteiger partial charge in [0.1, 0.15) is 11.9 Å². The van der Waals surface area contributed by atoms with Crippen LogP contribution in [-0.4, -0.2) is 88.8 Å². The van der Waals surface area contributed by atoms with Crippen molar-refractivity contribution in [3.63, 3.8) is 0 Å². The molecular weight excluding hydrogens is 737 g/mol. The summed E-state index contributed by atoms with van der Waals surface area (Å²) >= 11 is 0. The second-order valence-corrected chi connectivity index (χ2v) is 14.7. The van der Waals surface area contributed by atoms with Crippen LogP contribution in [0.3, 0.4) is 0 Å². The maximum absolute atomic E-state index is 12.9. The highest BCUT2D eigenvalue weighted by Crippen LogP contribution is 2.29. The Bertz CT molecular complexity index is 2220. The largest absolute Gasteiger partial charge is 0.506 e. The van der Waals surface area contributed by atoms with Gasteiger partial charge in [-0.3, -0.25) is 19.7 Å². The number of hydrogen-bond donors (Lipinski definition) is 6. The molecule has 5 aromatic rings. The monoisotopic (exact) mass is 788 g/mol. The topological polar surface area (TPSA) is 176 Å². The van der Waals surface area contributed by atoms with Crippen LogP contribution in [0.4, 0.5) is 16.2 Å². The van der Waals surface area contributed by atoms with E-state index in [9.17, 15) is 29.4 Å². The lowest BCUT2D eigenvalue weighted by molar-refractivity contribution is -0.130. The Balaban J connectivity index is 0.830. The van der Waals surface area contributed by atoms with E-state index < -0.39 is 12.2 Å². The first kappa shape index (κ1) is 41.6. The van der Waals surface area contributed by atoms with Crippen molar-refractivity contribution in [2.24, 2.45) is 0 Å². The molecule has 0 radical (unpaired) electrons. The van der Waals surface area contributed by atoms with Gasteiger partial charge in [0, 0.05) is 81.9 Å². The number of piperidine rings is 1. The predicted octanol–water partition coefficient (Wildman–Crippen LogP) is 6.39. The Morgan fingerprint density at radius 2 is 1.67 bits per heavy atom. The number of para-hydroxylation sites is 1. The number of anilines is 2. The number of H-pyrrole nitrogens is 1. The summed E-state index contributed by atoms with van der Waals surface area (Å²) in [6.07, 6.45) is 1.96. The van der Waals surface area contributed by atoms with E-state index in [1.54, 1.807) is 24.1 Å². The molecule has 1 aliphatic heterocycles. The highest BCUT2D eigenvalue weighted by atomic mass is 16.6. The summed E-state index contributed by atoms with van der Waals surface area (Å²) in [6.45, 7) is 3.38. The first-order chi connectivity index (χ1) is 28.1. The van der Waals surface area contributed by atoms with Crippen LogP contribution in [0.25, 0.3) is 22.0 Å². The van der Waals surface area contributed by atoms with Crippen molar-refractivity contribution in [3.05, 3.63) is 125 Å². The van der Waals surface area contributed by atoms with Crippen LogP contribution in [0, 0.1) is 0 Å². The van der Waals surface area contributed by atoms with Gasteiger partial charge in [0.25, 0.3) is 0 Å². The zero-order valence-corrected chi connectivity index (χ0v) is 32.8. The van der Waals surface area contributed by atoms with Gasteiger partial charge in [-0.1, -0.05) is 66.7 Å². The smallest absolute Gasteiger partial charge is 0.411 e. The Hall–Kier alpha value is -6.02. The third-order valence-corrected chi connectivity index (χ3v) is 10.4. The summed E-state index contributed by atoms with van der Waals surface area (Å²) in [5.41, 5.74) is 4.77. The van der Waals surface area contributed by atoms with Crippen molar-refractivity contribution in [2.75, 3.05) is 50.4 Å². The predicted molar refractivity (Wildman–Crippen MR) is 226 cm³/mol. The van der Waals surface area contributed by atoms with Gasteiger partial charge in [0.05, 0.1) is 17.3 Å². The third kappa shape index (κ3) is 11.8. The number of aromatic amines is 1. The van der Waals surface area contributed by atoms with Gasteiger partial charge in [-0.15, -0.1) is 0 Å². The van der Waals surface area contributed by atoms with E-state index in [0.29, 0.717) is 80.5 Å². The minimum atomic E-state index is -0.881. The standard InChI is InChI=1S/C45H52N6O7/c1-50(43(56)23-27-51-25-21-34(22-26-51)58-45(57)48-38-15-6-5-14-35(38)32-11-3-2-4-12-32)24-8-7-16-41(54)47-33-13-9-10-31(28-33)29-46-30-40(53)36-17-19-39(52)44-37(36)18-20-42(55)49-44/h2-6,9-15,17-20,28,34,40,46,52-53H,7-8,16,21-27,29-30H2,1H3,(H,47,54)(H,48,57)(H,49,55)/t40-/m0/s1. The van der Waals surface area contributed by atoms with Gasteiger partial charge >= 0.3 is 6.09 Å². The van der Waals surface area contributed by atoms with Crippen LogP contribution in [0.2, 0.25) is 0 Å². The number of likely N-dealkylation sites (tertiary alicyclic amines) is 1. The van der Waals surface area contributed by atoms with Gasteiger partial charge in [0.15, 0.2) is 0 Å². The maximum Gasteiger partial charge on any atom is 0.411 e. The molecule has 4 aromatic carbocycles. The molecule has 1 aliphatic rings. The van der Waals surface area contributed by atoms with Crippen molar-refractivity contribution in [3.8, 4) is 16.9 Å². The summed E-state index contributed by atoms with van der Waals surface area (Å²) in [4.78, 5) is 56.6. The van der Waals surface area contributed by atoms with Gasteiger partial charge in [0.2, 0.25) is 17.4 Å². The molecule has 6 rings (SSSR count). The van der Waals surface area contributed by atoms with E-state index >= 15 is 0 Å². The van der Waals surface area contributed by atoms with E-state index in [4.69, 9.17) is 4.74 Å². The molecule has 0 unspecified atom stereocenters. The second-order valence-electron chi connectivity index (χ2n) is 14.7. The molecule has 0 saturated carbocycles.